The quantitative estimate of drug-likeness (QED) is 0.844. The van der Waals surface area contributed by atoms with E-state index >= 15 is 0 Å². The van der Waals surface area contributed by atoms with Crippen molar-refractivity contribution in [1.82, 2.24) is 4.72 Å². The first-order valence-corrected chi connectivity index (χ1v) is 9.93. The second kappa shape index (κ2) is 7.26. The highest BCUT2D eigenvalue weighted by atomic mass is 35.5. The molecule has 1 amide bonds. The van der Waals surface area contributed by atoms with E-state index in [9.17, 15) is 13.2 Å². The first-order valence-electron chi connectivity index (χ1n) is 8.07. The minimum absolute atomic E-state index is 0.00147. The molecule has 0 aromatic heterocycles. The number of hydrogen-bond acceptors (Lipinski definition) is 4. The zero-order valence-corrected chi connectivity index (χ0v) is 16.0. The van der Waals surface area contributed by atoms with Crippen LogP contribution in [-0.4, -0.2) is 33.7 Å². The second-order valence-electron chi connectivity index (χ2n) is 6.22. The zero-order valence-electron chi connectivity index (χ0n) is 14.4. The molecule has 3 rings (SSSR count). The summed E-state index contributed by atoms with van der Waals surface area (Å²) in [5.41, 5.74) is 2.13. The fraction of sp³-hybridized carbons (Fsp3) is 0.278. The van der Waals surface area contributed by atoms with E-state index in [2.05, 4.69) is 4.72 Å². The Morgan fingerprint density at radius 2 is 2.00 bits per heavy atom. The number of benzene rings is 2. The number of sulfonamides is 1. The molecule has 0 bridgehead atoms. The van der Waals surface area contributed by atoms with Gasteiger partial charge in [-0.25, -0.2) is 17.9 Å². The molecule has 0 unspecified atom stereocenters. The van der Waals surface area contributed by atoms with Crippen molar-refractivity contribution in [2.75, 3.05) is 18.0 Å². The average molecular weight is 395 g/mol. The lowest BCUT2D eigenvalue weighted by Gasteiger charge is -2.14. The minimum atomic E-state index is -3.69. The summed E-state index contributed by atoms with van der Waals surface area (Å²) < 4.78 is 32.9. The molecule has 1 aliphatic rings. The third-order valence-corrected chi connectivity index (χ3v) is 5.93. The number of rotatable bonds is 5. The van der Waals surface area contributed by atoms with E-state index in [1.54, 1.807) is 43.3 Å². The Balaban J connectivity index is 1.69. The maximum absolute atomic E-state index is 12.6. The van der Waals surface area contributed by atoms with Crippen LogP contribution in [-0.2, 0) is 14.8 Å². The van der Waals surface area contributed by atoms with Gasteiger partial charge in [-0.15, -0.1) is 0 Å². The summed E-state index contributed by atoms with van der Waals surface area (Å²) in [5.74, 6) is 0. The van der Waals surface area contributed by atoms with Crippen molar-refractivity contribution in [3.8, 4) is 0 Å². The first kappa shape index (κ1) is 18.7. The normalized spacial score (nSPS) is 17.4. The lowest BCUT2D eigenvalue weighted by Crippen LogP contribution is -2.35. The second-order valence-corrected chi connectivity index (χ2v) is 8.39. The smallest absolute Gasteiger partial charge is 0.414 e. The van der Waals surface area contributed by atoms with Crippen molar-refractivity contribution in [3.63, 3.8) is 0 Å². The van der Waals surface area contributed by atoms with E-state index in [1.165, 1.54) is 4.90 Å². The van der Waals surface area contributed by atoms with Gasteiger partial charge in [0.25, 0.3) is 0 Å². The molecule has 0 aliphatic carbocycles. The highest BCUT2D eigenvalue weighted by Gasteiger charge is 2.33. The number of halogens is 1. The van der Waals surface area contributed by atoms with Crippen LogP contribution in [0.4, 0.5) is 10.5 Å². The molecule has 2 aromatic rings. The lowest BCUT2D eigenvalue weighted by molar-refractivity contribution is 0.143. The molecule has 1 heterocycles. The molecule has 138 valence electrons. The molecule has 1 atom stereocenters. The summed E-state index contributed by atoms with van der Waals surface area (Å²) in [6.45, 7) is 3.82. The van der Waals surface area contributed by atoms with E-state index in [0.29, 0.717) is 16.3 Å². The Hall–Kier alpha value is -2.09. The summed E-state index contributed by atoms with van der Waals surface area (Å²) in [6.07, 6.45) is -1.11. The van der Waals surface area contributed by atoms with E-state index in [4.69, 9.17) is 16.3 Å². The molecular weight excluding hydrogens is 376 g/mol. The SMILES string of the molecule is Cc1ccc(C)c(S(=O)(=O)NC[C@H]2CN(c3cccc(Cl)c3)C(=O)O2)c1. The monoisotopic (exact) mass is 394 g/mol. The van der Waals surface area contributed by atoms with E-state index in [1.807, 2.05) is 13.0 Å². The van der Waals surface area contributed by atoms with Crippen LogP contribution in [0.15, 0.2) is 47.4 Å². The van der Waals surface area contributed by atoms with Gasteiger partial charge in [-0.1, -0.05) is 29.8 Å². The number of cyclic esters (lactones) is 1. The van der Waals surface area contributed by atoms with Crippen molar-refractivity contribution < 1.29 is 17.9 Å². The van der Waals surface area contributed by atoms with Gasteiger partial charge >= 0.3 is 6.09 Å². The molecule has 2 aromatic carbocycles. The molecule has 26 heavy (non-hydrogen) atoms. The van der Waals surface area contributed by atoms with Gasteiger partial charge in [0.1, 0.15) is 6.10 Å². The van der Waals surface area contributed by atoms with Crippen molar-refractivity contribution in [1.29, 1.82) is 0 Å². The molecule has 6 nitrogen and oxygen atoms in total. The molecule has 1 saturated heterocycles. The van der Waals surface area contributed by atoms with Crippen LogP contribution in [0.25, 0.3) is 0 Å². The number of carbonyl (C=O) groups excluding carboxylic acids is 1. The van der Waals surface area contributed by atoms with Crippen molar-refractivity contribution in [2.24, 2.45) is 0 Å². The Kier molecular flexibility index (Phi) is 5.22. The number of anilines is 1. The number of carbonyl (C=O) groups is 1. The van der Waals surface area contributed by atoms with E-state index in [-0.39, 0.29) is 18.0 Å². The Morgan fingerprint density at radius 3 is 2.73 bits per heavy atom. The number of nitrogens with one attached hydrogen (secondary N) is 1. The third-order valence-electron chi connectivity index (χ3n) is 4.13. The van der Waals surface area contributed by atoms with Gasteiger partial charge in [0.05, 0.1) is 11.4 Å². The predicted octanol–water partition coefficient (Wildman–Crippen LogP) is 3.26. The molecule has 8 heteroatoms. The minimum Gasteiger partial charge on any atom is -0.443 e. The number of nitrogens with zero attached hydrogens (tertiary/aromatic N) is 1. The van der Waals surface area contributed by atoms with Gasteiger partial charge in [-0.3, -0.25) is 4.90 Å². The van der Waals surface area contributed by atoms with Crippen LogP contribution >= 0.6 is 11.6 Å². The van der Waals surface area contributed by atoms with Crippen LogP contribution in [0, 0.1) is 13.8 Å². The predicted molar refractivity (Wildman–Crippen MR) is 100 cm³/mol. The highest BCUT2D eigenvalue weighted by Crippen LogP contribution is 2.24. The zero-order chi connectivity index (χ0) is 18.9. The summed E-state index contributed by atoms with van der Waals surface area (Å²) >= 11 is 5.95. The Morgan fingerprint density at radius 1 is 1.23 bits per heavy atom. The van der Waals surface area contributed by atoms with E-state index in [0.717, 1.165) is 5.56 Å². The van der Waals surface area contributed by atoms with E-state index < -0.39 is 22.2 Å². The highest BCUT2D eigenvalue weighted by molar-refractivity contribution is 7.89. The first-order chi connectivity index (χ1) is 12.3. The molecule has 1 N–H and O–H groups in total. The fourth-order valence-corrected chi connectivity index (χ4v) is 4.34. The fourth-order valence-electron chi connectivity index (χ4n) is 2.76. The average Bonchev–Trinajstić information content (AvgIpc) is 2.96. The molecule has 1 fully saturated rings. The van der Waals surface area contributed by atoms with Gasteiger partial charge in [0.2, 0.25) is 10.0 Å². The van der Waals surface area contributed by atoms with Crippen LogP contribution in [0.1, 0.15) is 11.1 Å². The van der Waals surface area contributed by atoms with Crippen molar-refractivity contribution >= 4 is 33.4 Å². The molecule has 0 spiro atoms. The Bertz CT molecular complexity index is 946. The van der Waals surface area contributed by atoms with Gasteiger partial charge in [-0.2, -0.15) is 0 Å². The van der Waals surface area contributed by atoms with Crippen LogP contribution in [0.2, 0.25) is 5.02 Å². The Labute approximate surface area is 157 Å². The van der Waals surface area contributed by atoms with Crippen LogP contribution in [0.5, 0.6) is 0 Å². The molecular formula is C18H19ClN2O4S. The number of amides is 1. The molecule has 0 saturated carbocycles. The van der Waals surface area contributed by atoms with Crippen LogP contribution < -0.4 is 9.62 Å². The standard InChI is InChI=1S/C18H19ClN2O4S/c1-12-6-7-13(2)17(8-12)26(23,24)20-10-16-11-21(18(22)25-16)15-5-3-4-14(19)9-15/h3-9,16,20H,10-11H2,1-2H3/t16-/m0/s1. The summed E-state index contributed by atoms with van der Waals surface area (Å²) in [7, 11) is -3.69. The maximum atomic E-state index is 12.6. The number of hydrogen-bond donors (Lipinski definition) is 1. The van der Waals surface area contributed by atoms with Gasteiger partial charge in [-0.05, 0) is 49.2 Å². The van der Waals surface area contributed by atoms with Crippen LogP contribution in [0.3, 0.4) is 0 Å². The van der Waals surface area contributed by atoms with Crippen molar-refractivity contribution in [3.05, 3.63) is 58.6 Å². The van der Waals surface area contributed by atoms with Gasteiger partial charge in [0.15, 0.2) is 0 Å². The van der Waals surface area contributed by atoms with Gasteiger partial charge in [0, 0.05) is 17.3 Å². The number of ether oxygens (including phenoxy) is 1. The van der Waals surface area contributed by atoms with Crippen molar-refractivity contribution in [2.45, 2.75) is 24.8 Å². The summed E-state index contributed by atoms with van der Waals surface area (Å²) in [6, 6.07) is 12.1. The molecule has 1 aliphatic heterocycles. The summed E-state index contributed by atoms with van der Waals surface area (Å²) in [4.78, 5) is 13.7. The van der Waals surface area contributed by atoms with Gasteiger partial charge < -0.3 is 4.74 Å². The maximum Gasteiger partial charge on any atom is 0.414 e. The topological polar surface area (TPSA) is 75.7 Å². The summed E-state index contributed by atoms with van der Waals surface area (Å²) in [5, 5.41) is 0.509. The lowest BCUT2D eigenvalue weighted by atomic mass is 10.2. The third kappa shape index (κ3) is 4.00. The largest absolute Gasteiger partial charge is 0.443 e. The molecule has 0 radical (unpaired) electrons. The number of aryl methyl sites for hydroxylation is 2.